The lowest BCUT2D eigenvalue weighted by Crippen LogP contribution is -2.37. The third kappa shape index (κ3) is 4.77. The van der Waals surface area contributed by atoms with Gasteiger partial charge in [-0.15, -0.1) is 0 Å². The van der Waals surface area contributed by atoms with Gasteiger partial charge >= 0.3 is 0 Å². The van der Waals surface area contributed by atoms with Crippen LogP contribution < -0.4 is 4.74 Å². The first-order valence-corrected chi connectivity index (χ1v) is 9.41. The van der Waals surface area contributed by atoms with Crippen LogP contribution in [0.5, 0.6) is 5.75 Å². The number of rotatable bonds is 8. The van der Waals surface area contributed by atoms with Crippen LogP contribution in [0.1, 0.15) is 12.0 Å². The Kier molecular flexibility index (Phi) is 5.69. The van der Waals surface area contributed by atoms with E-state index in [0.29, 0.717) is 26.2 Å². The number of benzene rings is 2. The summed E-state index contributed by atoms with van der Waals surface area (Å²) < 4.78 is 33.4. The molecule has 2 atom stereocenters. The highest BCUT2D eigenvalue weighted by Gasteiger charge is 2.42. The molecular formula is C22H23FN2O3. The second-order valence-electron chi connectivity index (χ2n) is 6.95. The van der Waals surface area contributed by atoms with Crippen molar-refractivity contribution >= 4 is 0 Å². The molecule has 0 aliphatic carbocycles. The fraction of sp³-hybridized carbons (Fsp3) is 0.318. The summed E-state index contributed by atoms with van der Waals surface area (Å²) in [7, 11) is 0. The van der Waals surface area contributed by atoms with Crippen molar-refractivity contribution in [3.05, 3.63) is 84.7 Å². The molecule has 146 valence electrons. The van der Waals surface area contributed by atoms with Gasteiger partial charge in [-0.1, -0.05) is 30.3 Å². The van der Waals surface area contributed by atoms with E-state index in [0.717, 1.165) is 17.7 Å². The molecule has 1 aromatic heterocycles. The quantitative estimate of drug-likeness (QED) is 0.594. The van der Waals surface area contributed by atoms with Gasteiger partial charge in [0, 0.05) is 18.8 Å². The van der Waals surface area contributed by atoms with Crippen molar-refractivity contribution < 1.29 is 18.6 Å². The molecule has 4 rings (SSSR count). The monoisotopic (exact) mass is 382 g/mol. The zero-order chi connectivity index (χ0) is 19.2. The number of hydrogen-bond acceptors (Lipinski definition) is 4. The molecule has 0 saturated carbocycles. The van der Waals surface area contributed by atoms with Crippen molar-refractivity contribution in [2.24, 2.45) is 0 Å². The van der Waals surface area contributed by atoms with E-state index in [1.165, 1.54) is 12.1 Å². The summed E-state index contributed by atoms with van der Waals surface area (Å²) >= 11 is 0. The molecule has 0 bridgehead atoms. The van der Waals surface area contributed by atoms with Crippen LogP contribution in [0.2, 0.25) is 0 Å². The van der Waals surface area contributed by atoms with Crippen molar-refractivity contribution in [2.75, 3.05) is 13.2 Å². The van der Waals surface area contributed by atoms with Crippen LogP contribution in [-0.2, 0) is 22.4 Å². The number of ether oxygens (including phenoxy) is 3. The average molecular weight is 382 g/mol. The van der Waals surface area contributed by atoms with Gasteiger partial charge in [-0.05, 0) is 36.2 Å². The maximum Gasteiger partial charge on any atom is 0.187 e. The summed E-state index contributed by atoms with van der Waals surface area (Å²) in [5.41, 5.74) is 1.04. The molecule has 3 aromatic rings. The van der Waals surface area contributed by atoms with Gasteiger partial charge in [0.05, 0.1) is 19.5 Å². The number of hydrogen-bond donors (Lipinski definition) is 0. The molecule has 6 heteroatoms. The molecule has 0 radical (unpaired) electrons. The first-order chi connectivity index (χ1) is 13.7. The first-order valence-electron chi connectivity index (χ1n) is 9.41. The number of nitrogens with zero attached hydrogens (tertiary/aromatic N) is 2. The SMILES string of the molecule is Fc1ccc(CCC2(Cn3ccnc3)OCC(COc3ccccc3)O2)cc1. The summed E-state index contributed by atoms with van der Waals surface area (Å²) in [6.07, 6.45) is 6.59. The molecule has 5 nitrogen and oxygen atoms in total. The van der Waals surface area contributed by atoms with E-state index in [-0.39, 0.29) is 11.9 Å². The molecule has 1 aliphatic heterocycles. The highest BCUT2D eigenvalue weighted by Crippen LogP contribution is 2.31. The largest absolute Gasteiger partial charge is 0.491 e. The highest BCUT2D eigenvalue weighted by molar-refractivity contribution is 5.21. The van der Waals surface area contributed by atoms with Gasteiger partial charge in [0.2, 0.25) is 0 Å². The minimum atomic E-state index is -0.764. The summed E-state index contributed by atoms with van der Waals surface area (Å²) in [5.74, 6) is -0.187. The predicted octanol–water partition coefficient (Wildman–Crippen LogP) is 3.85. The number of para-hydroxylation sites is 1. The molecule has 2 aromatic carbocycles. The Morgan fingerprint density at radius 2 is 1.96 bits per heavy atom. The zero-order valence-corrected chi connectivity index (χ0v) is 15.5. The molecule has 0 N–H and O–H groups in total. The van der Waals surface area contributed by atoms with Gasteiger partial charge in [-0.3, -0.25) is 0 Å². The summed E-state index contributed by atoms with van der Waals surface area (Å²) in [4.78, 5) is 4.10. The smallest absolute Gasteiger partial charge is 0.187 e. The van der Waals surface area contributed by atoms with Crippen LogP contribution in [0.4, 0.5) is 4.39 Å². The molecule has 1 saturated heterocycles. The van der Waals surface area contributed by atoms with E-state index in [4.69, 9.17) is 14.2 Å². The fourth-order valence-corrected chi connectivity index (χ4v) is 3.34. The van der Waals surface area contributed by atoms with Crippen LogP contribution >= 0.6 is 0 Å². The lowest BCUT2D eigenvalue weighted by Gasteiger charge is -2.28. The van der Waals surface area contributed by atoms with Gasteiger partial charge in [-0.2, -0.15) is 0 Å². The normalized spacial score (nSPS) is 21.7. The predicted molar refractivity (Wildman–Crippen MR) is 102 cm³/mol. The molecule has 0 spiro atoms. The molecule has 2 heterocycles. The van der Waals surface area contributed by atoms with Crippen LogP contribution in [0, 0.1) is 5.82 Å². The van der Waals surface area contributed by atoms with E-state index >= 15 is 0 Å². The molecule has 2 unspecified atom stereocenters. The number of imidazole rings is 1. The second kappa shape index (κ2) is 8.54. The van der Waals surface area contributed by atoms with Gasteiger partial charge in [0.25, 0.3) is 0 Å². The minimum absolute atomic E-state index is 0.156. The van der Waals surface area contributed by atoms with E-state index in [2.05, 4.69) is 4.98 Å². The van der Waals surface area contributed by atoms with Crippen molar-refractivity contribution in [1.29, 1.82) is 0 Å². The molecule has 1 fully saturated rings. The summed E-state index contributed by atoms with van der Waals surface area (Å²) in [6.45, 7) is 1.42. The van der Waals surface area contributed by atoms with Crippen LogP contribution in [0.25, 0.3) is 0 Å². The number of aryl methyl sites for hydroxylation is 1. The highest BCUT2D eigenvalue weighted by atomic mass is 19.1. The van der Waals surface area contributed by atoms with Crippen LogP contribution in [-0.4, -0.2) is 34.7 Å². The maximum absolute atomic E-state index is 13.2. The Labute approximate surface area is 163 Å². The molecule has 1 aliphatic rings. The molecule has 28 heavy (non-hydrogen) atoms. The Morgan fingerprint density at radius 1 is 1.14 bits per heavy atom. The van der Waals surface area contributed by atoms with Gasteiger partial charge in [0.15, 0.2) is 5.79 Å². The van der Waals surface area contributed by atoms with Crippen molar-refractivity contribution in [3.63, 3.8) is 0 Å². The average Bonchev–Trinajstić information content (AvgIpc) is 3.38. The number of halogens is 1. The van der Waals surface area contributed by atoms with Crippen LogP contribution in [0.15, 0.2) is 73.3 Å². The second-order valence-corrected chi connectivity index (χ2v) is 6.95. The topological polar surface area (TPSA) is 45.5 Å². The first kappa shape index (κ1) is 18.7. The van der Waals surface area contributed by atoms with Crippen molar-refractivity contribution in [1.82, 2.24) is 9.55 Å². The van der Waals surface area contributed by atoms with E-state index in [1.54, 1.807) is 24.7 Å². The maximum atomic E-state index is 13.2. The Bertz CT molecular complexity index is 855. The van der Waals surface area contributed by atoms with Crippen LogP contribution in [0.3, 0.4) is 0 Å². The third-order valence-electron chi connectivity index (χ3n) is 4.78. The Morgan fingerprint density at radius 3 is 2.71 bits per heavy atom. The standard InChI is InChI=1S/C22H23FN2O3/c23-19-8-6-18(7-9-19)10-11-22(16-25-13-12-24-17-25)27-15-21(28-22)14-26-20-4-2-1-3-5-20/h1-9,12-13,17,21H,10-11,14-16H2. The van der Waals surface area contributed by atoms with E-state index in [9.17, 15) is 4.39 Å². The Hall–Kier alpha value is -2.70. The fourth-order valence-electron chi connectivity index (χ4n) is 3.34. The minimum Gasteiger partial charge on any atom is -0.491 e. The summed E-state index contributed by atoms with van der Waals surface area (Å²) in [6, 6.07) is 16.2. The van der Waals surface area contributed by atoms with Crippen molar-refractivity contribution in [3.8, 4) is 5.75 Å². The zero-order valence-electron chi connectivity index (χ0n) is 15.5. The van der Waals surface area contributed by atoms with E-state index in [1.807, 2.05) is 41.1 Å². The summed E-state index contributed by atoms with van der Waals surface area (Å²) in [5, 5.41) is 0. The number of aromatic nitrogens is 2. The van der Waals surface area contributed by atoms with E-state index < -0.39 is 5.79 Å². The third-order valence-corrected chi connectivity index (χ3v) is 4.78. The molecular weight excluding hydrogens is 359 g/mol. The molecule has 0 amide bonds. The van der Waals surface area contributed by atoms with Gasteiger partial charge < -0.3 is 18.8 Å². The Balaban J connectivity index is 1.41. The van der Waals surface area contributed by atoms with Gasteiger partial charge in [0.1, 0.15) is 24.3 Å². The van der Waals surface area contributed by atoms with Gasteiger partial charge in [-0.25, -0.2) is 9.37 Å². The lowest BCUT2D eigenvalue weighted by molar-refractivity contribution is -0.184. The van der Waals surface area contributed by atoms with Crippen molar-refractivity contribution in [2.45, 2.75) is 31.3 Å². The lowest BCUT2D eigenvalue weighted by atomic mass is 10.0.